The van der Waals surface area contributed by atoms with E-state index in [4.69, 9.17) is 21.1 Å². The predicted octanol–water partition coefficient (Wildman–Crippen LogP) is 8.57. The van der Waals surface area contributed by atoms with Crippen molar-refractivity contribution >= 4 is 61.1 Å². The molecular weight excluding hydrogens is 632 g/mol. The van der Waals surface area contributed by atoms with Gasteiger partial charge >= 0.3 is 0 Å². The fraction of sp³-hybridized carbons (Fsp3) is 0.0667. The lowest BCUT2D eigenvalue weighted by molar-refractivity contribution is -0.112. The van der Waals surface area contributed by atoms with E-state index in [1.54, 1.807) is 36.4 Å². The summed E-state index contributed by atoms with van der Waals surface area (Å²) in [6, 6.07) is 29.6. The summed E-state index contributed by atoms with van der Waals surface area (Å²) in [7, 11) is 0. The van der Waals surface area contributed by atoms with Crippen LogP contribution >= 0.6 is 43.5 Å². The summed E-state index contributed by atoms with van der Waals surface area (Å²) in [5, 5.41) is 13.1. The summed E-state index contributed by atoms with van der Waals surface area (Å²) in [4.78, 5) is 12.9. The second kappa shape index (κ2) is 13.3. The van der Waals surface area contributed by atoms with Crippen molar-refractivity contribution in [1.82, 2.24) is 0 Å². The SMILES string of the molecule is N#C/C(=C\c1cc(Br)ccc1OCc1ccc(Br)cc1)C(=O)Nc1ccc(OCc2ccc(Cl)cc2)cc1. The molecule has 0 fully saturated rings. The van der Waals surface area contributed by atoms with E-state index in [2.05, 4.69) is 37.2 Å². The average Bonchev–Trinajstić information content (AvgIpc) is 2.92. The van der Waals surface area contributed by atoms with Crippen molar-refractivity contribution in [3.05, 3.63) is 127 Å². The van der Waals surface area contributed by atoms with Gasteiger partial charge in [-0.1, -0.05) is 67.7 Å². The minimum absolute atomic E-state index is 0.0559. The van der Waals surface area contributed by atoms with Crippen molar-refractivity contribution in [1.29, 1.82) is 5.26 Å². The molecule has 0 aromatic heterocycles. The fourth-order valence-corrected chi connectivity index (χ4v) is 4.16. The molecule has 0 saturated carbocycles. The van der Waals surface area contributed by atoms with Gasteiger partial charge in [0, 0.05) is 25.2 Å². The van der Waals surface area contributed by atoms with Crippen LogP contribution in [0.4, 0.5) is 5.69 Å². The summed E-state index contributed by atoms with van der Waals surface area (Å²) in [6.45, 7) is 0.735. The molecule has 0 aliphatic heterocycles. The van der Waals surface area contributed by atoms with E-state index in [0.29, 0.717) is 41.0 Å². The first-order chi connectivity index (χ1) is 18.4. The Morgan fingerprint density at radius 2 is 1.45 bits per heavy atom. The normalized spacial score (nSPS) is 10.9. The third-order valence-corrected chi connectivity index (χ3v) is 6.65. The number of anilines is 1. The van der Waals surface area contributed by atoms with Gasteiger partial charge in [-0.05, 0) is 83.9 Å². The molecule has 190 valence electrons. The highest BCUT2D eigenvalue weighted by molar-refractivity contribution is 9.10. The molecule has 4 rings (SSSR count). The molecule has 0 aliphatic carbocycles. The van der Waals surface area contributed by atoms with Crippen LogP contribution in [0.25, 0.3) is 6.08 Å². The Hall–Kier alpha value is -3.57. The number of ether oxygens (including phenoxy) is 2. The van der Waals surface area contributed by atoms with Crippen LogP contribution in [0.3, 0.4) is 0 Å². The highest BCUT2D eigenvalue weighted by Gasteiger charge is 2.12. The topological polar surface area (TPSA) is 71.3 Å². The zero-order chi connectivity index (χ0) is 26.9. The summed E-state index contributed by atoms with van der Waals surface area (Å²) in [6.07, 6.45) is 1.51. The van der Waals surface area contributed by atoms with Gasteiger partial charge in [-0.3, -0.25) is 4.79 Å². The molecule has 4 aromatic carbocycles. The number of halogens is 3. The molecular formula is C30H21Br2ClN2O3. The van der Waals surface area contributed by atoms with Crippen molar-refractivity contribution < 1.29 is 14.3 Å². The maximum absolute atomic E-state index is 12.9. The van der Waals surface area contributed by atoms with E-state index in [1.165, 1.54) is 6.08 Å². The van der Waals surface area contributed by atoms with Crippen molar-refractivity contribution in [2.24, 2.45) is 0 Å². The number of rotatable bonds is 9. The zero-order valence-corrected chi connectivity index (χ0v) is 23.9. The third kappa shape index (κ3) is 7.96. The number of hydrogen-bond acceptors (Lipinski definition) is 4. The molecule has 0 heterocycles. The van der Waals surface area contributed by atoms with E-state index < -0.39 is 5.91 Å². The van der Waals surface area contributed by atoms with Crippen LogP contribution in [-0.4, -0.2) is 5.91 Å². The standard InChI is InChI=1S/C30H21Br2ClN2O3/c31-24-5-1-20(2-6-24)19-38-29-14-7-25(32)16-22(29)15-23(17-34)30(36)35-27-10-12-28(13-11-27)37-18-21-3-8-26(33)9-4-21/h1-16H,18-19H2,(H,35,36)/b23-15+. The summed E-state index contributed by atoms with van der Waals surface area (Å²) >= 11 is 12.8. The number of amides is 1. The Morgan fingerprint density at radius 3 is 2.11 bits per heavy atom. The quantitative estimate of drug-likeness (QED) is 0.145. The van der Waals surface area contributed by atoms with Crippen molar-refractivity contribution in [3.63, 3.8) is 0 Å². The molecule has 8 heteroatoms. The molecule has 0 spiro atoms. The fourth-order valence-electron chi connectivity index (χ4n) is 3.39. The molecule has 0 atom stereocenters. The number of nitrogens with one attached hydrogen (secondary N) is 1. The lowest BCUT2D eigenvalue weighted by Crippen LogP contribution is -2.13. The van der Waals surface area contributed by atoms with Crippen LogP contribution in [-0.2, 0) is 18.0 Å². The van der Waals surface area contributed by atoms with Gasteiger partial charge in [0.05, 0.1) is 0 Å². The van der Waals surface area contributed by atoms with E-state index in [0.717, 1.165) is 20.1 Å². The summed E-state index contributed by atoms with van der Waals surface area (Å²) in [5.41, 5.74) is 3.07. The molecule has 38 heavy (non-hydrogen) atoms. The van der Waals surface area contributed by atoms with Crippen LogP contribution in [0.1, 0.15) is 16.7 Å². The van der Waals surface area contributed by atoms with Gasteiger partial charge in [0.2, 0.25) is 0 Å². The molecule has 0 aliphatic rings. The van der Waals surface area contributed by atoms with Crippen molar-refractivity contribution in [2.75, 3.05) is 5.32 Å². The van der Waals surface area contributed by atoms with Crippen LogP contribution in [0.5, 0.6) is 11.5 Å². The van der Waals surface area contributed by atoms with Gasteiger partial charge in [-0.25, -0.2) is 0 Å². The molecule has 0 bridgehead atoms. The summed E-state index contributed by atoms with van der Waals surface area (Å²) in [5.74, 6) is 0.677. The minimum Gasteiger partial charge on any atom is -0.489 e. The van der Waals surface area contributed by atoms with Gasteiger partial charge in [0.15, 0.2) is 0 Å². The maximum atomic E-state index is 12.9. The molecule has 1 N–H and O–H groups in total. The largest absolute Gasteiger partial charge is 0.489 e. The Morgan fingerprint density at radius 1 is 0.842 bits per heavy atom. The van der Waals surface area contributed by atoms with Gasteiger partial charge in [-0.15, -0.1) is 0 Å². The number of nitrogens with zero attached hydrogens (tertiary/aromatic N) is 1. The molecule has 0 radical (unpaired) electrons. The van der Waals surface area contributed by atoms with E-state index >= 15 is 0 Å². The Kier molecular flexibility index (Phi) is 9.61. The first kappa shape index (κ1) is 27.5. The van der Waals surface area contributed by atoms with Gasteiger partial charge < -0.3 is 14.8 Å². The molecule has 4 aromatic rings. The second-order valence-electron chi connectivity index (χ2n) is 8.16. The van der Waals surface area contributed by atoms with E-state index in [9.17, 15) is 10.1 Å². The number of hydrogen-bond donors (Lipinski definition) is 1. The van der Waals surface area contributed by atoms with Crippen LogP contribution < -0.4 is 14.8 Å². The first-order valence-corrected chi connectivity index (χ1v) is 13.4. The maximum Gasteiger partial charge on any atom is 0.266 e. The lowest BCUT2D eigenvalue weighted by atomic mass is 10.1. The number of carbonyl (C=O) groups excluding carboxylic acids is 1. The third-order valence-electron chi connectivity index (χ3n) is 5.38. The van der Waals surface area contributed by atoms with E-state index in [1.807, 2.05) is 60.7 Å². The smallest absolute Gasteiger partial charge is 0.266 e. The molecule has 0 saturated heterocycles. The second-order valence-corrected chi connectivity index (χ2v) is 10.4. The van der Waals surface area contributed by atoms with Crippen LogP contribution in [0.15, 0.2) is 106 Å². The van der Waals surface area contributed by atoms with Crippen LogP contribution in [0.2, 0.25) is 5.02 Å². The Labute approximate surface area is 242 Å². The molecule has 0 unspecified atom stereocenters. The molecule has 1 amide bonds. The lowest BCUT2D eigenvalue weighted by Gasteiger charge is -2.11. The summed E-state index contributed by atoms with van der Waals surface area (Å²) < 4.78 is 13.6. The Balaban J connectivity index is 1.41. The van der Waals surface area contributed by atoms with Crippen molar-refractivity contribution in [2.45, 2.75) is 13.2 Å². The van der Waals surface area contributed by atoms with Crippen molar-refractivity contribution in [3.8, 4) is 17.6 Å². The minimum atomic E-state index is -0.527. The van der Waals surface area contributed by atoms with Gasteiger partial charge in [0.25, 0.3) is 5.91 Å². The number of carbonyl (C=O) groups is 1. The van der Waals surface area contributed by atoms with Crippen LogP contribution in [0, 0.1) is 11.3 Å². The van der Waals surface area contributed by atoms with Gasteiger partial charge in [-0.2, -0.15) is 5.26 Å². The number of benzene rings is 4. The average molecular weight is 653 g/mol. The Bertz CT molecular complexity index is 1480. The monoisotopic (exact) mass is 650 g/mol. The number of nitriles is 1. The van der Waals surface area contributed by atoms with E-state index in [-0.39, 0.29) is 5.57 Å². The predicted molar refractivity (Wildman–Crippen MR) is 157 cm³/mol. The van der Waals surface area contributed by atoms with Gasteiger partial charge in [0.1, 0.15) is 36.4 Å². The highest BCUT2D eigenvalue weighted by atomic mass is 79.9. The zero-order valence-electron chi connectivity index (χ0n) is 20.0. The highest BCUT2D eigenvalue weighted by Crippen LogP contribution is 2.27. The molecule has 5 nitrogen and oxygen atoms in total. The first-order valence-electron chi connectivity index (χ1n) is 11.5.